The quantitative estimate of drug-likeness (QED) is 0.837. The molecule has 1 aromatic rings. The SMILES string of the molecule is Cc1cc(C)cc(C(C)NCC(O)CN2CCOCC2)c1. The minimum atomic E-state index is -0.337. The number of β-amino-alcohol motifs (C(OH)–C–C–N with tert-alkyl or cyclic N) is 1. The molecule has 0 amide bonds. The van der Waals surface area contributed by atoms with Crippen LogP contribution in [0.25, 0.3) is 0 Å². The summed E-state index contributed by atoms with van der Waals surface area (Å²) in [5.74, 6) is 0. The van der Waals surface area contributed by atoms with Gasteiger partial charge in [0.1, 0.15) is 0 Å². The van der Waals surface area contributed by atoms with Gasteiger partial charge in [-0.3, -0.25) is 4.90 Å². The van der Waals surface area contributed by atoms with Gasteiger partial charge in [0, 0.05) is 32.2 Å². The lowest BCUT2D eigenvalue weighted by atomic mass is 10.0. The average Bonchev–Trinajstić information content (AvgIpc) is 2.45. The Labute approximate surface area is 128 Å². The van der Waals surface area contributed by atoms with E-state index in [9.17, 15) is 5.11 Å². The average molecular weight is 292 g/mol. The van der Waals surface area contributed by atoms with Crippen LogP contribution in [-0.2, 0) is 4.74 Å². The number of ether oxygens (including phenoxy) is 1. The minimum absolute atomic E-state index is 0.253. The van der Waals surface area contributed by atoms with Gasteiger partial charge in [0.25, 0.3) is 0 Å². The Morgan fingerprint density at radius 3 is 2.43 bits per heavy atom. The van der Waals surface area contributed by atoms with Crippen molar-refractivity contribution in [2.75, 3.05) is 39.4 Å². The number of nitrogens with zero attached hydrogens (tertiary/aromatic N) is 1. The van der Waals surface area contributed by atoms with Crippen molar-refractivity contribution in [2.24, 2.45) is 0 Å². The van der Waals surface area contributed by atoms with Crippen molar-refractivity contribution in [1.29, 1.82) is 0 Å². The smallest absolute Gasteiger partial charge is 0.0791 e. The number of hydrogen-bond donors (Lipinski definition) is 2. The second-order valence-electron chi connectivity index (χ2n) is 6.12. The molecule has 4 heteroatoms. The third-order valence-electron chi connectivity index (χ3n) is 3.98. The van der Waals surface area contributed by atoms with Crippen LogP contribution in [0.1, 0.15) is 29.7 Å². The second-order valence-corrected chi connectivity index (χ2v) is 6.12. The number of aliphatic hydroxyl groups is 1. The molecule has 0 bridgehead atoms. The van der Waals surface area contributed by atoms with Crippen molar-refractivity contribution in [1.82, 2.24) is 10.2 Å². The van der Waals surface area contributed by atoms with Gasteiger partial charge in [-0.05, 0) is 26.3 Å². The molecule has 1 aromatic carbocycles. The largest absolute Gasteiger partial charge is 0.390 e. The highest BCUT2D eigenvalue weighted by atomic mass is 16.5. The Hall–Kier alpha value is -0.940. The van der Waals surface area contributed by atoms with Gasteiger partial charge in [0.05, 0.1) is 19.3 Å². The van der Waals surface area contributed by atoms with Crippen molar-refractivity contribution in [3.05, 3.63) is 34.9 Å². The van der Waals surface area contributed by atoms with Crippen molar-refractivity contribution in [2.45, 2.75) is 32.9 Å². The predicted octanol–water partition coefficient (Wildman–Crippen LogP) is 1.65. The Morgan fingerprint density at radius 2 is 1.81 bits per heavy atom. The molecular weight excluding hydrogens is 264 g/mol. The van der Waals surface area contributed by atoms with E-state index < -0.39 is 0 Å². The zero-order valence-corrected chi connectivity index (χ0v) is 13.4. The monoisotopic (exact) mass is 292 g/mol. The molecule has 2 N–H and O–H groups in total. The first-order valence-electron chi connectivity index (χ1n) is 7.84. The van der Waals surface area contributed by atoms with E-state index in [1.54, 1.807) is 0 Å². The van der Waals surface area contributed by atoms with E-state index in [2.05, 4.69) is 49.2 Å². The number of morpholine rings is 1. The van der Waals surface area contributed by atoms with Gasteiger partial charge in [-0.15, -0.1) is 0 Å². The molecule has 2 rings (SSSR count). The van der Waals surface area contributed by atoms with Crippen molar-refractivity contribution in [3.8, 4) is 0 Å². The summed E-state index contributed by atoms with van der Waals surface area (Å²) in [6.07, 6.45) is -0.337. The number of nitrogens with one attached hydrogen (secondary N) is 1. The van der Waals surface area contributed by atoms with Crippen LogP contribution in [0.5, 0.6) is 0 Å². The second kappa shape index (κ2) is 7.90. The summed E-state index contributed by atoms with van der Waals surface area (Å²) in [5, 5.41) is 13.6. The molecule has 118 valence electrons. The lowest BCUT2D eigenvalue weighted by Crippen LogP contribution is -2.44. The van der Waals surface area contributed by atoms with E-state index in [1.165, 1.54) is 16.7 Å². The summed E-state index contributed by atoms with van der Waals surface area (Å²) in [6, 6.07) is 6.85. The topological polar surface area (TPSA) is 44.7 Å². The fourth-order valence-electron chi connectivity index (χ4n) is 2.84. The van der Waals surface area contributed by atoms with E-state index in [-0.39, 0.29) is 12.1 Å². The Balaban J connectivity index is 1.78. The molecule has 21 heavy (non-hydrogen) atoms. The fourth-order valence-corrected chi connectivity index (χ4v) is 2.84. The Bertz CT molecular complexity index is 424. The highest BCUT2D eigenvalue weighted by molar-refractivity contribution is 5.30. The van der Waals surface area contributed by atoms with Crippen LogP contribution < -0.4 is 5.32 Å². The number of benzene rings is 1. The molecule has 0 spiro atoms. The predicted molar refractivity (Wildman–Crippen MR) is 85.6 cm³/mol. The first-order chi connectivity index (χ1) is 10.0. The van der Waals surface area contributed by atoms with Crippen LogP contribution in [0.4, 0.5) is 0 Å². The van der Waals surface area contributed by atoms with Crippen LogP contribution in [0.2, 0.25) is 0 Å². The molecule has 1 heterocycles. The van der Waals surface area contributed by atoms with E-state index in [0.717, 1.165) is 32.8 Å². The molecule has 1 aliphatic rings. The van der Waals surface area contributed by atoms with Crippen molar-refractivity contribution in [3.63, 3.8) is 0 Å². The van der Waals surface area contributed by atoms with E-state index in [4.69, 9.17) is 4.74 Å². The molecule has 1 aliphatic heterocycles. The molecular formula is C17H28N2O2. The summed E-state index contributed by atoms with van der Waals surface area (Å²) in [5.41, 5.74) is 3.85. The molecule has 1 saturated heterocycles. The van der Waals surface area contributed by atoms with E-state index >= 15 is 0 Å². The Morgan fingerprint density at radius 1 is 1.19 bits per heavy atom. The van der Waals surface area contributed by atoms with E-state index in [0.29, 0.717) is 6.54 Å². The van der Waals surface area contributed by atoms with E-state index in [1.807, 2.05) is 0 Å². The van der Waals surface area contributed by atoms with Crippen molar-refractivity contribution >= 4 is 0 Å². The van der Waals surface area contributed by atoms with Crippen LogP contribution in [0, 0.1) is 13.8 Å². The molecule has 1 fully saturated rings. The van der Waals surface area contributed by atoms with Crippen LogP contribution in [0.3, 0.4) is 0 Å². The van der Waals surface area contributed by atoms with Gasteiger partial charge in [0.2, 0.25) is 0 Å². The number of rotatable bonds is 6. The number of aliphatic hydroxyl groups excluding tert-OH is 1. The normalized spacial score (nSPS) is 19.4. The maximum Gasteiger partial charge on any atom is 0.0791 e. The molecule has 2 unspecified atom stereocenters. The molecule has 4 nitrogen and oxygen atoms in total. The van der Waals surface area contributed by atoms with Crippen LogP contribution in [-0.4, -0.2) is 55.5 Å². The third-order valence-corrected chi connectivity index (χ3v) is 3.98. The summed E-state index contributed by atoms with van der Waals surface area (Å²) < 4.78 is 5.32. The van der Waals surface area contributed by atoms with Crippen LogP contribution >= 0.6 is 0 Å². The Kier molecular flexibility index (Phi) is 6.18. The number of hydrogen-bond acceptors (Lipinski definition) is 4. The highest BCUT2D eigenvalue weighted by Gasteiger charge is 2.15. The minimum Gasteiger partial charge on any atom is -0.390 e. The van der Waals surface area contributed by atoms with Gasteiger partial charge in [-0.1, -0.05) is 29.3 Å². The fraction of sp³-hybridized carbons (Fsp3) is 0.647. The standard InChI is InChI=1S/C17H28N2O2/c1-13-8-14(2)10-16(9-13)15(3)18-11-17(20)12-19-4-6-21-7-5-19/h8-10,15,17-18,20H,4-7,11-12H2,1-3H3. The summed E-state index contributed by atoms with van der Waals surface area (Å²) in [6.45, 7) is 11.1. The molecule has 0 aliphatic carbocycles. The third kappa shape index (κ3) is 5.40. The highest BCUT2D eigenvalue weighted by Crippen LogP contribution is 2.16. The summed E-state index contributed by atoms with van der Waals surface area (Å²) in [7, 11) is 0. The lowest BCUT2D eigenvalue weighted by molar-refractivity contribution is 0.0145. The maximum atomic E-state index is 10.2. The molecule has 2 atom stereocenters. The lowest BCUT2D eigenvalue weighted by Gasteiger charge is -2.29. The van der Waals surface area contributed by atoms with Gasteiger partial charge in [-0.2, -0.15) is 0 Å². The first-order valence-corrected chi connectivity index (χ1v) is 7.84. The summed E-state index contributed by atoms with van der Waals surface area (Å²) in [4.78, 5) is 2.26. The first kappa shape index (κ1) is 16.4. The zero-order chi connectivity index (χ0) is 15.2. The van der Waals surface area contributed by atoms with Gasteiger partial charge in [-0.25, -0.2) is 0 Å². The van der Waals surface area contributed by atoms with Crippen molar-refractivity contribution < 1.29 is 9.84 Å². The molecule has 0 saturated carbocycles. The van der Waals surface area contributed by atoms with Gasteiger partial charge >= 0.3 is 0 Å². The van der Waals surface area contributed by atoms with Gasteiger partial charge in [0.15, 0.2) is 0 Å². The van der Waals surface area contributed by atoms with Crippen LogP contribution in [0.15, 0.2) is 18.2 Å². The summed E-state index contributed by atoms with van der Waals surface area (Å²) >= 11 is 0. The maximum absolute atomic E-state index is 10.2. The molecule has 0 radical (unpaired) electrons. The van der Waals surface area contributed by atoms with Gasteiger partial charge < -0.3 is 15.2 Å². The molecule has 0 aromatic heterocycles. The number of aryl methyl sites for hydroxylation is 2. The zero-order valence-electron chi connectivity index (χ0n) is 13.4.